The van der Waals surface area contributed by atoms with Crippen molar-refractivity contribution in [3.8, 4) is 0 Å². The van der Waals surface area contributed by atoms with Crippen LogP contribution in [0.3, 0.4) is 0 Å². The zero-order valence-corrected chi connectivity index (χ0v) is 18.3. The van der Waals surface area contributed by atoms with Crippen molar-refractivity contribution in [3.63, 3.8) is 0 Å². The van der Waals surface area contributed by atoms with Crippen LogP contribution >= 0.6 is 0 Å². The van der Waals surface area contributed by atoms with E-state index in [4.69, 9.17) is 4.99 Å². The minimum absolute atomic E-state index is 0.0579. The van der Waals surface area contributed by atoms with Gasteiger partial charge in [-0.25, -0.2) is 9.97 Å². The van der Waals surface area contributed by atoms with Crippen LogP contribution in [0, 0.1) is 5.95 Å². The highest BCUT2D eigenvalue weighted by Crippen LogP contribution is 2.44. The van der Waals surface area contributed by atoms with Gasteiger partial charge in [0, 0.05) is 44.0 Å². The van der Waals surface area contributed by atoms with Crippen LogP contribution < -0.4 is 5.32 Å². The van der Waals surface area contributed by atoms with Crippen LogP contribution in [0.15, 0.2) is 34.5 Å². The molecule has 2 fully saturated rings. The van der Waals surface area contributed by atoms with Crippen LogP contribution in [0.4, 0.5) is 23.2 Å². The van der Waals surface area contributed by atoms with E-state index in [0.29, 0.717) is 35.4 Å². The monoisotopic (exact) mass is 473 g/mol. The van der Waals surface area contributed by atoms with Crippen LogP contribution in [0.1, 0.15) is 41.1 Å². The SMILES string of the molecule is C=Nc1c(F)ncc(C2CC2)c1C(=NCc1ccnc2[nH]c(C(F)(F)F)cc12)N1CCNCC1. The second-order valence-corrected chi connectivity index (χ2v) is 8.45. The molecule has 1 aliphatic heterocycles. The Morgan fingerprint density at radius 1 is 1.21 bits per heavy atom. The van der Waals surface area contributed by atoms with Gasteiger partial charge in [0.05, 0.1) is 12.1 Å². The lowest BCUT2D eigenvalue weighted by atomic mass is 10.0. The van der Waals surface area contributed by atoms with E-state index in [0.717, 1.165) is 37.6 Å². The first kappa shape index (κ1) is 22.5. The highest BCUT2D eigenvalue weighted by molar-refractivity contribution is 6.05. The van der Waals surface area contributed by atoms with E-state index < -0.39 is 17.8 Å². The number of aromatic amines is 1. The molecule has 1 aliphatic carbocycles. The number of fused-ring (bicyclic) bond motifs is 1. The van der Waals surface area contributed by atoms with Crippen molar-refractivity contribution in [2.24, 2.45) is 9.98 Å². The van der Waals surface area contributed by atoms with Gasteiger partial charge in [-0.15, -0.1) is 0 Å². The smallest absolute Gasteiger partial charge is 0.354 e. The van der Waals surface area contributed by atoms with Crippen molar-refractivity contribution in [1.82, 2.24) is 25.2 Å². The molecule has 5 rings (SSSR count). The van der Waals surface area contributed by atoms with E-state index in [-0.39, 0.29) is 23.8 Å². The number of nitrogens with zero attached hydrogens (tertiary/aromatic N) is 5. The molecule has 0 radical (unpaired) electrons. The number of rotatable bonds is 5. The maximum atomic E-state index is 14.7. The molecule has 178 valence electrons. The molecule has 0 bridgehead atoms. The number of aromatic nitrogens is 3. The van der Waals surface area contributed by atoms with Gasteiger partial charge < -0.3 is 15.2 Å². The fourth-order valence-corrected chi connectivity index (χ4v) is 4.32. The second kappa shape index (κ2) is 8.79. The van der Waals surface area contributed by atoms with Crippen LogP contribution in [-0.4, -0.2) is 58.6 Å². The molecule has 2 N–H and O–H groups in total. The Morgan fingerprint density at radius 3 is 2.65 bits per heavy atom. The number of alkyl halides is 3. The van der Waals surface area contributed by atoms with Gasteiger partial charge in [-0.1, -0.05) is 0 Å². The van der Waals surface area contributed by atoms with Crippen LogP contribution in [0.2, 0.25) is 0 Å². The van der Waals surface area contributed by atoms with E-state index in [9.17, 15) is 17.6 Å². The van der Waals surface area contributed by atoms with E-state index >= 15 is 0 Å². The maximum Gasteiger partial charge on any atom is 0.431 e. The zero-order chi connectivity index (χ0) is 23.9. The van der Waals surface area contributed by atoms with Crippen molar-refractivity contribution < 1.29 is 17.6 Å². The Balaban J connectivity index is 1.61. The number of nitrogens with one attached hydrogen (secondary N) is 2. The highest BCUT2D eigenvalue weighted by Gasteiger charge is 2.34. The minimum Gasteiger partial charge on any atom is -0.354 e. The standard InChI is InChI=1S/C23H23F4N7/c1-28-19-18(16(13-2-3-13)12-31-20(19)24)22(34-8-6-29-7-9-34)32-11-14-4-5-30-21-15(14)10-17(33-21)23(25,26)27/h4-5,10,12-13,29H,1-3,6-9,11H2,(H,30,33). The van der Waals surface area contributed by atoms with Crippen molar-refractivity contribution in [2.75, 3.05) is 26.2 Å². The van der Waals surface area contributed by atoms with Gasteiger partial charge in [0.2, 0.25) is 5.95 Å². The van der Waals surface area contributed by atoms with Gasteiger partial charge in [0.25, 0.3) is 0 Å². The molecule has 1 saturated heterocycles. The third kappa shape index (κ3) is 4.27. The summed E-state index contributed by atoms with van der Waals surface area (Å²) in [6.07, 6.45) is 0.430. The molecule has 0 unspecified atom stereocenters. The summed E-state index contributed by atoms with van der Waals surface area (Å²) in [4.78, 5) is 21.1. The van der Waals surface area contributed by atoms with Gasteiger partial charge in [0.1, 0.15) is 22.9 Å². The number of aliphatic imine (C=N–C) groups is 2. The summed E-state index contributed by atoms with van der Waals surface area (Å²) in [5.41, 5.74) is 1.37. The van der Waals surface area contributed by atoms with Crippen molar-refractivity contribution in [3.05, 3.63) is 52.9 Å². The highest BCUT2D eigenvalue weighted by atomic mass is 19.4. The van der Waals surface area contributed by atoms with Crippen LogP contribution in [-0.2, 0) is 12.7 Å². The summed E-state index contributed by atoms with van der Waals surface area (Å²) in [6.45, 7) is 6.41. The average Bonchev–Trinajstić information content (AvgIpc) is 3.56. The summed E-state index contributed by atoms with van der Waals surface area (Å²) in [6, 6.07) is 2.70. The maximum absolute atomic E-state index is 14.7. The first-order valence-electron chi connectivity index (χ1n) is 11.1. The lowest BCUT2D eigenvalue weighted by Crippen LogP contribution is -2.47. The summed E-state index contributed by atoms with van der Waals surface area (Å²) in [5, 5.41) is 3.64. The average molecular weight is 473 g/mol. The lowest BCUT2D eigenvalue weighted by Gasteiger charge is -2.32. The summed E-state index contributed by atoms with van der Waals surface area (Å²) in [5.74, 6) is 0.0935. The predicted octanol–water partition coefficient (Wildman–Crippen LogP) is 4.18. The topological polar surface area (TPSA) is 81.6 Å². The fourth-order valence-electron chi connectivity index (χ4n) is 4.32. The molecule has 1 saturated carbocycles. The molecule has 7 nitrogen and oxygen atoms in total. The van der Waals surface area contributed by atoms with Gasteiger partial charge in [-0.2, -0.15) is 17.6 Å². The van der Waals surface area contributed by atoms with Crippen molar-refractivity contribution >= 4 is 29.3 Å². The first-order valence-corrected chi connectivity index (χ1v) is 11.1. The molecule has 0 amide bonds. The third-order valence-corrected chi connectivity index (χ3v) is 6.18. The number of hydrogen-bond donors (Lipinski definition) is 2. The molecule has 3 aromatic rings. The predicted molar refractivity (Wildman–Crippen MR) is 121 cm³/mol. The van der Waals surface area contributed by atoms with Gasteiger partial charge in [-0.3, -0.25) is 9.98 Å². The molecule has 2 aliphatic rings. The van der Waals surface area contributed by atoms with E-state index in [1.54, 1.807) is 12.3 Å². The second-order valence-electron chi connectivity index (χ2n) is 8.45. The summed E-state index contributed by atoms with van der Waals surface area (Å²) >= 11 is 0. The first-order chi connectivity index (χ1) is 16.4. The Labute approximate surface area is 193 Å². The minimum atomic E-state index is -4.51. The molecule has 4 heterocycles. The molecular formula is C23H23F4N7. The van der Waals surface area contributed by atoms with Gasteiger partial charge >= 0.3 is 6.18 Å². The summed E-state index contributed by atoms with van der Waals surface area (Å²) in [7, 11) is 0. The normalized spacial score (nSPS) is 17.4. The van der Waals surface area contributed by atoms with Crippen molar-refractivity contribution in [1.29, 1.82) is 0 Å². The molecule has 3 aromatic heterocycles. The van der Waals surface area contributed by atoms with Gasteiger partial charge in [0.15, 0.2) is 0 Å². The fraction of sp³-hybridized carbons (Fsp3) is 0.391. The molecule has 34 heavy (non-hydrogen) atoms. The van der Waals surface area contributed by atoms with Crippen LogP contribution in [0.25, 0.3) is 11.0 Å². The Hall–Kier alpha value is -3.34. The number of piperazine rings is 1. The zero-order valence-electron chi connectivity index (χ0n) is 18.3. The molecule has 0 aromatic carbocycles. The molecular weight excluding hydrogens is 450 g/mol. The Kier molecular flexibility index (Phi) is 5.80. The largest absolute Gasteiger partial charge is 0.431 e. The van der Waals surface area contributed by atoms with E-state index in [2.05, 4.69) is 36.9 Å². The van der Waals surface area contributed by atoms with Crippen LogP contribution in [0.5, 0.6) is 0 Å². The van der Waals surface area contributed by atoms with E-state index in [1.165, 1.54) is 6.20 Å². The number of halogens is 4. The number of pyridine rings is 2. The lowest BCUT2D eigenvalue weighted by molar-refractivity contribution is -0.140. The Bertz CT molecular complexity index is 1250. The van der Waals surface area contributed by atoms with Crippen molar-refractivity contribution in [2.45, 2.75) is 31.5 Å². The molecule has 0 atom stereocenters. The molecule has 11 heteroatoms. The van der Waals surface area contributed by atoms with E-state index in [1.807, 2.05) is 0 Å². The number of hydrogen-bond acceptors (Lipinski definition) is 5. The van der Waals surface area contributed by atoms with Gasteiger partial charge in [-0.05, 0) is 48.7 Å². The number of amidine groups is 1. The number of H-pyrrole nitrogens is 1. The summed E-state index contributed by atoms with van der Waals surface area (Å²) < 4.78 is 54.4. The molecule has 0 spiro atoms. The Morgan fingerprint density at radius 2 is 1.97 bits per heavy atom. The quantitative estimate of drug-likeness (QED) is 0.252. The third-order valence-electron chi connectivity index (χ3n) is 6.18.